The van der Waals surface area contributed by atoms with E-state index >= 15 is 0 Å². The minimum absolute atomic E-state index is 0.202. The number of aromatic nitrogens is 2. The lowest BCUT2D eigenvalue weighted by molar-refractivity contribution is 0.328. The first kappa shape index (κ1) is 15.7. The summed E-state index contributed by atoms with van der Waals surface area (Å²) < 4.78 is 0. The third-order valence-electron chi connectivity index (χ3n) is 3.85. The Bertz CT molecular complexity index is 421. The van der Waals surface area contributed by atoms with E-state index in [2.05, 4.69) is 68.8 Å². The second-order valence-electron chi connectivity index (χ2n) is 6.52. The van der Waals surface area contributed by atoms with Gasteiger partial charge in [0, 0.05) is 25.7 Å². The summed E-state index contributed by atoms with van der Waals surface area (Å²) in [6.45, 7) is 13.4. The van der Waals surface area contributed by atoms with E-state index < -0.39 is 0 Å². The predicted octanol–water partition coefficient (Wildman–Crippen LogP) is 3.51. The molecule has 1 aromatic heterocycles. The van der Waals surface area contributed by atoms with Gasteiger partial charge in [0.2, 0.25) is 0 Å². The Labute approximate surface area is 117 Å². The lowest BCUT2D eigenvalue weighted by Crippen LogP contribution is -2.40. The van der Waals surface area contributed by atoms with Crippen molar-refractivity contribution in [3.8, 4) is 0 Å². The molecule has 0 spiro atoms. The smallest absolute Gasteiger partial charge is 0.137 e. The first-order valence-corrected chi connectivity index (χ1v) is 6.95. The summed E-state index contributed by atoms with van der Waals surface area (Å²) in [6.07, 6.45) is 1.64. The van der Waals surface area contributed by atoms with Gasteiger partial charge in [-0.15, -0.1) is 0 Å². The van der Waals surface area contributed by atoms with E-state index in [0.717, 1.165) is 11.6 Å². The van der Waals surface area contributed by atoms with Crippen molar-refractivity contribution in [2.45, 2.75) is 53.5 Å². The van der Waals surface area contributed by atoms with Crippen molar-refractivity contribution in [2.24, 2.45) is 5.41 Å². The summed E-state index contributed by atoms with van der Waals surface area (Å²) in [5, 5.41) is 3.17. The lowest BCUT2D eigenvalue weighted by atomic mass is 9.87. The molecule has 108 valence electrons. The van der Waals surface area contributed by atoms with Gasteiger partial charge >= 0.3 is 0 Å². The summed E-state index contributed by atoms with van der Waals surface area (Å²) in [5.74, 6) is 2.33. The molecule has 0 saturated heterocycles. The molecule has 4 nitrogen and oxygen atoms in total. The van der Waals surface area contributed by atoms with E-state index in [1.54, 1.807) is 6.33 Å². The van der Waals surface area contributed by atoms with Crippen LogP contribution >= 0.6 is 0 Å². The molecule has 0 aliphatic carbocycles. The number of nitrogens with one attached hydrogen (secondary N) is 1. The minimum Gasteiger partial charge on any atom is -0.373 e. The fourth-order valence-electron chi connectivity index (χ4n) is 2.16. The average Bonchev–Trinajstić information content (AvgIpc) is 2.34. The molecule has 0 aromatic carbocycles. The van der Waals surface area contributed by atoms with Gasteiger partial charge in [-0.05, 0) is 18.3 Å². The normalized spacial score (nSPS) is 13.5. The van der Waals surface area contributed by atoms with Crippen LogP contribution < -0.4 is 10.2 Å². The van der Waals surface area contributed by atoms with Crippen LogP contribution in [-0.2, 0) is 0 Å². The van der Waals surface area contributed by atoms with Crippen LogP contribution in [0, 0.1) is 5.41 Å². The zero-order valence-corrected chi connectivity index (χ0v) is 13.6. The molecule has 19 heavy (non-hydrogen) atoms. The summed E-state index contributed by atoms with van der Waals surface area (Å²) >= 11 is 0. The van der Waals surface area contributed by atoms with Gasteiger partial charge in [0.05, 0.1) is 0 Å². The fourth-order valence-corrected chi connectivity index (χ4v) is 2.16. The van der Waals surface area contributed by atoms with Gasteiger partial charge < -0.3 is 10.2 Å². The molecule has 1 aromatic rings. The van der Waals surface area contributed by atoms with Crippen molar-refractivity contribution < 1.29 is 0 Å². The van der Waals surface area contributed by atoms with E-state index in [1.807, 2.05) is 7.05 Å². The van der Waals surface area contributed by atoms with Crippen molar-refractivity contribution in [3.05, 3.63) is 11.9 Å². The Morgan fingerprint density at radius 3 is 2.16 bits per heavy atom. The van der Waals surface area contributed by atoms with Gasteiger partial charge in [-0.25, -0.2) is 9.97 Å². The first-order chi connectivity index (χ1) is 8.70. The molecule has 1 rings (SSSR count). The quantitative estimate of drug-likeness (QED) is 0.903. The van der Waals surface area contributed by atoms with Crippen molar-refractivity contribution >= 4 is 11.6 Å². The van der Waals surface area contributed by atoms with Gasteiger partial charge in [-0.1, -0.05) is 34.6 Å². The van der Waals surface area contributed by atoms with Crippen LogP contribution in [0.25, 0.3) is 0 Å². The van der Waals surface area contributed by atoms with Crippen LogP contribution in [0.5, 0.6) is 0 Å². The molecule has 0 saturated carbocycles. The van der Waals surface area contributed by atoms with Crippen molar-refractivity contribution in [1.29, 1.82) is 0 Å². The maximum atomic E-state index is 4.52. The number of rotatable bonds is 4. The maximum absolute atomic E-state index is 4.52. The third kappa shape index (κ3) is 3.37. The van der Waals surface area contributed by atoms with Gasteiger partial charge in [0.25, 0.3) is 0 Å². The highest BCUT2D eigenvalue weighted by molar-refractivity contribution is 5.60. The van der Waals surface area contributed by atoms with E-state index in [9.17, 15) is 0 Å². The molecular weight excluding hydrogens is 236 g/mol. The highest BCUT2D eigenvalue weighted by Gasteiger charge is 2.27. The number of hydrogen-bond acceptors (Lipinski definition) is 4. The second kappa shape index (κ2) is 5.76. The summed E-state index contributed by atoms with van der Waals surface area (Å²) in [4.78, 5) is 11.1. The van der Waals surface area contributed by atoms with Crippen molar-refractivity contribution in [2.75, 3.05) is 24.3 Å². The molecule has 0 aliphatic rings. The van der Waals surface area contributed by atoms with Crippen LogP contribution in [-0.4, -0.2) is 30.1 Å². The van der Waals surface area contributed by atoms with Crippen LogP contribution in [0.4, 0.5) is 11.6 Å². The van der Waals surface area contributed by atoms with Crippen LogP contribution in [0.2, 0.25) is 0 Å². The predicted molar refractivity (Wildman–Crippen MR) is 83.0 cm³/mol. The Hall–Kier alpha value is -1.32. The zero-order valence-electron chi connectivity index (χ0n) is 13.6. The number of nitrogens with zero attached hydrogens (tertiary/aromatic N) is 3. The third-order valence-corrected chi connectivity index (χ3v) is 3.85. The second-order valence-corrected chi connectivity index (χ2v) is 6.52. The summed E-state index contributed by atoms with van der Waals surface area (Å²) in [6, 6.07) is 0.393. The zero-order chi connectivity index (χ0) is 14.8. The van der Waals surface area contributed by atoms with Gasteiger partial charge in [0.1, 0.15) is 18.0 Å². The molecule has 0 aliphatic heterocycles. The van der Waals surface area contributed by atoms with Crippen molar-refractivity contribution in [3.63, 3.8) is 0 Å². The van der Waals surface area contributed by atoms with E-state index in [-0.39, 0.29) is 5.41 Å². The SMILES string of the molecule is CNc1ncnc(N(C)C(C)C(C)(C)C)c1C(C)C. The molecule has 1 heterocycles. The summed E-state index contributed by atoms with van der Waals surface area (Å²) in [5.41, 5.74) is 1.39. The molecule has 1 atom stereocenters. The van der Waals surface area contributed by atoms with E-state index in [1.165, 1.54) is 5.56 Å². The topological polar surface area (TPSA) is 41.1 Å². The number of hydrogen-bond donors (Lipinski definition) is 1. The van der Waals surface area contributed by atoms with Gasteiger partial charge in [-0.3, -0.25) is 0 Å². The van der Waals surface area contributed by atoms with Crippen molar-refractivity contribution in [1.82, 2.24) is 9.97 Å². The molecule has 0 fully saturated rings. The standard InChI is InChI=1S/C15H28N4/c1-10(2)12-13(16-7)17-9-18-14(12)19(8)11(3)15(4,5)6/h9-11H,1-8H3,(H,16,17,18). The van der Waals surface area contributed by atoms with Crippen LogP contribution in [0.3, 0.4) is 0 Å². The Morgan fingerprint density at radius 2 is 1.74 bits per heavy atom. The monoisotopic (exact) mass is 264 g/mol. The van der Waals surface area contributed by atoms with Crippen LogP contribution in [0.15, 0.2) is 6.33 Å². The van der Waals surface area contributed by atoms with E-state index in [0.29, 0.717) is 12.0 Å². The Balaban J connectivity index is 3.27. The summed E-state index contributed by atoms with van der Waals surface area (Å²) in [7, 11) is 4.02. The first-order valence-electron chi connectivity index (χ1n) is 6.95. The molecule has 1 N–H and O–H groups in total. The number of anilines is 2. The molecule has 0 bridgehead atoms. The maximum Gasteiger partial charge on any atom is 0.137 e. The Morgan fingerprint density at radius 1 is 1.16 bits per heavy atom. The molecule has 4 heteroatoms. The van der Waals surface area contributed by atoms with Crippen LogP contribution in [0.1, 0.15) is 53.0 Å². The average molecular weight is 264 g/mol. The molecular formula is C15H28N4. The van der Waals surface area contributed by atoms with Gasteiger partial charge in [-0.2, -0.15) is 0 Å². The Kier molecular flexibility index (Phi) is 4.77. The fraction of sp³-hybridized carbons (Fsp3) is 0.733. The molecule has 1 unspecified atom stereocenters. The van der Waals surface area contributed by atoms with E-state index in [4.69, 9.17) is 0 Å². The highest BCUT2D eigenvalue weighted by atomic mass is 15.2. The lowest BCUT2D eigenvalue weighted by Gasteiger charge is -2.37. The highest BCUT2D eigenvalue weighted by Crippen LogP contribution is 2.34. The van der Waals surface area contributed by atoms with Gasteiger partial charge in [0.15, 0.2) is 0 Å². The minimum atomic E-state index is 0.202. The molecule has 0 amide bonds. The molecule has 0 radical (unpaired) electrons. The largest absolute Gasteiger partial charge is 0.373 e.